The number of nitrogens with one attached hydrogen (secondary N) is 1. The zero-order valence-electron chi connectivity index (χ0n) is 16.0. The van der Waals surface area contributed by atoms with Crippen molar-refractivity contribution in [2.75, 3.05) is 19.8 Å². The highest BCUT2D eigenvalue weighted by atomic mass is 16.5. The van der Waals surface area contributed by atoms with E-state index in [9.17, 15) is 14.4 Å². The van der Waals surface area contributed by atoms with E-state index in [0.717, 1.165) is 25.7 Å². The molecular weight excluding hydrogens is 336 g/mol. The Balaban J connectivity index is 2.03. The predicted molar refractivity (Wildman–Crippen MR) is 96.1 cm³/mol. The smallest absolute Gasteiger partial charge is 0.355 e. The Bertz CT molecular complexity index is 680. The fourth-order valence-electron chi connectivity index (χ4n) is 3.50. The summed E-state index contributed by atoms with van der Waals surface area (Å²) in [5, 5.41) is 0. The molecule has 1 N–H and O–H groups in total. The van der Waals surface area contributed by atoms with Crippen LogP contribution in [0.3, 0.4) is 0 Å². The van der Waals surface area contributed by atoms with Crippen LogP contribution in [0.15, 0.2) is 0 Å². The van der Waals surface area contributed by atoms with Gasteiger partial charge in [0.1, 0.15) is 5.69 Å². The molecule has 0 bridgehead atoms. The summed E-state index contributed by atoms with van der Waals surface area (Å²) in [6.45, 7) is 7.81. The van der Waals surface area contributed by atoms with Gasteiger partial charge in [0, 0.05) is 18.3 Å². The van der Waals surface area contributed by atoms with E-state index >= 15 is 0 Å². The molecular formula is C19H28N2O5. The molecule has 1 aliphatic heterocycles. The van der Waals surface area contributed by atoms with E-state index in [0.29, 0.717) is 23.4 Å². The highest BCUT2D eigenvalue weighted by Gasteiger charge is 2.28. The number of H-pyrrole nitrogens is 1. The van der Waals surface area contributed by atoms with E-state index < -0.39 is 11.9 Å². The normalized spacial score (nSPS) is 17.1. The van der Waals surface area contributed by atoms with Gasteiger partial charge in [-0.2, -0.15) is 0 Å². The highest BCUT2D eigenvalue weighted by molar-refractivity contribution is 5.99. The molecule has 1 atom stereocenters. The summed E-state index contributed by atoms with van der Waals surface area (Å²) in [5.41, 5.74) is 1.54. The minimum Gasteiger partial charge on any atom is -0.462 e. The number of hydrogen-bond donors (Lipinski definition) is 1. The third-order valence-corrected chi connectivity index (χ3v) is 4.87. The SMILES string of the molecule is CCOC(=O)c1c(C)[nH]c(C(=O)OCC(=O)N2CCCC[C@@H]2CC)c1C. The highest BCUT2D eigenvalue weighted by Crippen LogP contribution is 2.21. The zero-order valence-corrected chi connectivity index (χ0v) is 16.0. The molecule has 0 unspecified atom stereocenters. The average molecular weight is 364 g/mol. The lowest BCUT2D eigenvalue weighted by Gasteiger charge is -2.35. The van der Waals surface area contributed by atoms with Gasteiger partial charge in [0.05, 0.1) is 12.2 Å². The fraction of sp³-hybridized carbons (Fsp3) is 0.632. The standard InChI is InChI=1S/C19H28N2O5/c1-5-14-9-7-8-10-21(14)15(22)11-26-19(24)17-12(3)16(13(4)20-17)18(23)25-6-2/h14,20H,5-11H2,1-4H3/t14-/m0/s1. The first-order valence-electron chi connectivity index (χ1n) is 9.23. The summed E-state index contributed by atoms with van der Waals surface area (Å²) in [7, 11) is 0. The molecule has 0 aromatic carbocycles. The number of amides is 1. The number of ether oxygens (including phenoxy) is 2. The molecule has 7 heteroatoms. The van der Waals surface area contributed by atoms with Gasteiger partial charge in [0.25, 0.3) is 5.91 Å². The average Bonchev–Trinajstić information content (AvgIpc) is 2.93. The van der Waals surface area contributed by atoms with E-state index in [4.69, 9.17) is 9.47 Å². The number of aryl methyl sites for hydroxylation is 1. The van der Waals surface area contributed by atoms with Gasteiger partial charge in [0.2, 0.25) is 0 Å². The Kier molecular flexibility index (Phi) is 6.83. The van der Waals surface area contributed by atoms with Crippen LogP contribution in [-0.4, -0.2) is 53.5 Å². The van der Waals surface area contributed by atoms with Crippen molar-refractivity contribution in [1.82, 2.24) is 9.88 Å². The molecule has 2 rings (SSSR count). The quantitative estimate of drug-likeness (QED) is 0.784. The number of carbonyl (C=O) groups excluding carboxylic acids is 3. The van der Waals surface area contributed by atoms with Crippen LogP contribution >= 0.6 is 0 Å². The Labute approximate surface area is 154 Å². The molecule has 0 spiro atoms. The van der Waals surface area contributed by atoms with E-state index in [1.807, 2.05) is 4.90 Å². The summed E-state index contributed by atoms with van der Waals surface area (Å²) in [5.74, 6) is -1.29. The molecule has 26 heavy (non-hydrogen) atoms. The van der Waals surface area contributed by atoms with Crippen molar-refractivity contribution >= 4 is 17.8 Å². The lowest BCUT2D eigenvalue weighted by molar-refractivity contribution is -0.138. The summed E-state index contributed by atoms with van der Waals surface area (Å²) in [6.07, 6.45) is 4.00. The molecule has 0 aliphatic carbocycles. The number of nitrogens with zero attached hydrogens (tertiary/aromatic N) is 1. The Morgan fingerprint density at radius 3 is 2.50 bits per heavy atom. The number of carbonyl (C=O) groups is 3. The Hall–Kier alpha value is -2.31. The third-order valence-electron chi connectivity index (χ3n) is 4.87. The summed E-state index contributed by atoms with van der Waals surface area (Å²) < 4.78 is 10.2. The van der Waals surface area contributed by atoms with Crippen LogP contribution in [0.1, 0.15) is 71.6 Å². The first-order valence-corrected chi connectivity index (χ1v) is 9.23. The van der Waals surface area contributed by atoms with Crippen molar-refractivity contribution in [3.8, 4) is 0 Å². The second kappa shape index (κ2) is 8.87. The number of piperidine rings is 1. The van der Waals surface area contributed by atoms with E-state index in [2.05, 4.69) is 11.9 Å². The van der Waals surface area contributed by atoms with Crippen molar-refractivity contribution in [2.45, 2.75) is 59.4 Å². The van der Waals surface area contributed by atoms with Gasteiger partial charge in [-0.25, -0.2) is 9.59 Å². The van der Waals surface area contributed by atoms with E-state index in [1.54, 1.807) is 20.8 Å². The van der Waals surface area contributed by atoms with Crippen molar-refractivity contribution in [3.05, 3.63) is 22.5 Å². The number of likely N-dealkylation sites (tertiary alicyclic amines) is 1. The van der Waals surface area contributed by atoms with Gasteiger partial charge in [-0.15, -0.1) is 0 Å². The van der Waals surface area contributed by atoms with Gasteiger partial charge < -0.3 is 19.4 Å². The van der Waals surface area contributed by atoms with Gasteiger partial charge >= 0.3 is 11.9 Å². The van der Waals surface area contributed by atoms with Crippen molar-refractivity contribution in [1.29, 1.82) is 0 Å². The largest absolute Gasteiger partial charge is 0.462 e. The van der Waals surface area contributed by atoms with Gasteiger partial charge in [-0.3, -0.25) is 4.79 Å². The van der Waals surface area contributed by atoms with Gasteiger partial charge in [0.15, 0.2) is 6.61 Å². The predicted octanol–water partition coefficient (Wildman–Crippen LogP) is 2.76. The summed E-state index contributed by atoms with van der Waals surface area (Å²) in [4.78, 5) is 41.5. The molecule has 144 valence electrons. The van der Waals surface area contributed by atoms with Gasteiger partial charge in [-0.1, -0.05) is 6.92 Å². The Morgan fingerprint density at radius 2 is 1.85 bits per heavy atom. The first kappa shape index (κ1) is 20.0. The number of aromatic nitrogens is 1. The monoisotopic (exact) mass is 364 g/mol. The maximum atomic E-state index is 12.4. The molecule has 1 aliphatic rings. The van der Waals surface area contributed by atoms with Crippen LogP contribution in [0.2, 0.25) is 0 Å². The fourth-order valence-corrected chi connectivity index (χ4v) is 3.50. The maximum Gasteiger partial charge on any atom is 0.355 e. The first-order chi connectivity index (χ1) is 12.4. The van der Waals surface area contributed by atoms with Gasteiger partial charge in [-0.05, 0) is 52.0 Å². The van der Waals surface area contributed by atoms with Crippen LogP contribution in [0.5, 0.6) is 0 Å². The number of rotatable bonds is 6. The van der Waals surface area contributed by atoms with E-state index in [-0.39, 0.29) is 30.9 Å². The topological polar surface area (TPSA) is 88.7 Å². The Morgan fingerprint density at radius 1 is 1.12 bits per heavy atom. The minimum absolute atomic E-state index is 0.170. The van der Waals surface area contributed by atoms with E-state index in [1.165, 1.54) is 0 Å². The van der Waals surface area contributed by atoms with Crippen LogP contribution in [0.25, 0.3) is 0 Å². The number of esters is 2. The molecule has 0 saturated carbocycles. The summed E-state index contributed by atoms with van der Waals surface area (Å²) >= 11 is 0. The third kappa shape index (κ3) is 4.26. The molecule has 0 radical (unpaired) electrons. The lowest BCUT2D eigenvalue weighted by atomic mass is 10.00. The second-order valence-electron chi connectivity index (χ2n) is 6.57. The molecule has 2 heterocycles. The molecule has 7 nitrogen and oxygen atoms in total. The number of hydrogen-bond acceptors (Lipinski definition) is 5. The molecule has 1 fully saturated rings. The van der Waals surface area contributed by atoms with Crippen molar-refractivity contribution in [3.63, 3.8) is 0 Å². The molecule has 1 amide bonds. The van der Waals surface area contributed by atoms with Crippen LogP contribution < -0.4 is 0 Å². The maximum absolute atomic E-state index is 12.4. The zero-order chi connectivity index (χ0) is 19.3. The number of aromatic amines is 1. The van der Waals surface area contributed by atoms with Crippen molar-refractivity contribution in [2.24, 2.45) is 0 Å². The van der Waals surface area contributed by atoms with Crippen LogP contribution in [-0.2, 0) is 14.3 Å². The summed E-state index contributed by atoms with van der Waals surface area (Å²) in [6, 6.07) is 0.222. The minimum atomic E-state index is -0.639. The van der Waals surface area contributed by atoms with Crippen molar-refractivity contribution < 1.29 is 23.9 Å². The molecule has 1 aromatic rings. The second-order valence-corrected chi connectivity index (χ2v) is 6.57. The molecule has 1 saturated heterocycles. The van der Waals surface area contributed by atoms with Crippen LogP contribution in [0.4, 0.5) is 0 Å². The molecule has 1 aromatic heterocycles. The van der Waals surface area contributed by atoms with Crippen LogP contribution in [0, 0.1) is 13.8 Å². The lowest BCUT2D eigenvalue weighted by Crippen LogP contribution is -2.45.